The van der Waals surface area contributed by atoms with Crippen molar-refractivity contribution >= 4 is 42.4 Å². The third-order valence-electron chi connectivity index (χ3n) is 5.67. The number of aromatic nitrogens is 1. The van der Waals surface area contributed by atoms with Crippen molar-refractivity contribution in [2.45, 2.75) is 39.5 Å². The summed E-state index contributed by atoms with van der Waals surface area (Å²) in [5.41, 5.74) is 3.62. The third-order valence-corrected chi connectivity index (χ3v) is 8.45. The van der Waals surface area contributed by atoms with Crippen molar-refractivity contribution in [3.05, 3.63) is 53.1 Å². The second kappa shape index (κ2) is 10.1. The summed E-state index contributed by atoms with van der Waals surface area (Å²) >= 11 is 1.51. The van der Waals surface area contributed by atoms with Crippen LogP contribution in [-0.4, -0.2) is 56.1 Å². The van der Waals surface area contributed by atoms with Crippen molar-refractivity contribution in [1.82, 2.24) is 9.88 Å². The zero-order valence-corrected chi connectivity index (χ0v) is 21.0. The number of likely N-dealkylation sites (N-methyl/N-ethyl adjacent to an activating group) is 1. The van der Waals surface area contributed by atoms with Crippen molar-refractivity contribution in [1.29, 1.82) is 0 Å². The number of nitrogens with zero attached hydrogens (tertiary/aromatic N) is 3. The summed E-state index contributed by atoms with van der Waals surface area (Å²) in [4.78, 5) is 22.5. The molecule has 32 heavy (non-hydrogen) atoms. The minimum absolute atomic E-state index is 0.0285. The minimum Gasteiger partial charge on any atom is -0.302 e. The van der Waals surface area contributed by atoms with Gasteiger partial charge in [0.25, 0.3) is 5.91 Å². The largest absolute Gasteiger partial charge is 0.302 e. The molecule has 2 aromatic carbocycles. The Balaban J connectivity index is 1.99. The first kappa shape index (κ1) is 24.4. The van der Waals surface area contributed by atoms with E-state index in [1.54, 1.807) is 24.0 Å². The number of aryl methyl sites for hydroxylation is 2. The Hall–Kier alpha value is -2.29. The summed E-state index contributed by atoms with van der Waals surface area (Å²) in [5, 5.41) is 0.663. The zero-order valence-electron chi connectivity index (χ0n) is 19.4. The highest BCUT2D eigenvalue weighted by Gasteiger charge is 2.23. The molecule has 0 bridgehead atoms. The van der Waals surface area contributed by atoms with E-state index in [-0.39, 0.29) is 16.6 Å². The molecule has 0 atom stereocenters. The van der Waals surface area contributed by atoms with Gasteiger partial charge in [0.05, 0.1) is 20.9 Å². The molecule has 0 radical (unpaired) electrons. The first-order valence-corrected chi connectivity index (χ1v) is 13.4. The van der Waals surface area contributed by atoms with Crippen LogP contribution in [0.2, 0.25) is 0 Å². The number of hydrogen-bond donors (Lipinski definition) is 0. The molecule has 6 nitrogen and oxygen atoms in total. The van der Waals surface area contributed by atoms with Gasteiger partial charge >= 0.3 is 0 Å². The Labute approximate surface area is 194 Å². The molecule has 3 aromatic rings. The lowest BCUT2D eigenvalue weighted by atomic mass is 10.1. The van der Waals surface area contributed by atoms with Gasteiger partial charge in [0.15, 0.2) is 15.0 Å². The van der Waals surface area contributed by atoms with Crippen LogP contribution in [-0.2, 0) is 9.84 Å². The Morgan fingerprint density at radius 2 is 1.66 bits per heavy atom. The van der Waals surface area contributed by atoms with E-state index < -0.39 is 9.84 Å². The van der Waals surface area contributed by atoms with Crippen molar-refractivity contribution in [3.63, 3.8) is 0 Å². The summed E-state index contributed by atoms with van der Waals surface area (Å²) in [6, 6.07) is 10.4. The predicted molar refractivity (Wildman–Crippen MR) is 133 cm³/mol. The van der Waals surface area contributed by atoms with Crippen LogP contribution in [0.4, 0.5) is 5.13 Å². The predicted octanol–water partition coefficient (Wildman–Crippen LogP) is 4.70. The number of amides is 1. The summed E-state index contributed by atoms with van der Waals surface area (Å²) in [5.74, 6) is -0.146. The highest BCUT2D eigenvalue weighted by molar-refractivity contribution is 7.91. The molecule has 0 fully saturated rings. The summed E-state index contributed by atoms with van der Waals surface area (Å²) in [7, 11) is -3.31. The Morgan fingerprint density at radius 1 is 1.00 bits per heavy atom. The first-order chi connectivity index (χ1) is 15.2. The topological polar surface area (TPSA) is 70.6 Å². The maximum absolute atomic E-state index is 13.5. The van der Waals surface area contributed by atoms with E-state index in [1.807, 2.05) is 6.92 Å². The van der Waals surface area contributed by atoms with Crippen molar-refractivity contribution in [2.24, 2.45) is 0 Å². The molecule has 1 aromatic heterocycles. The van der Waals surface area contributed by atoms with Crippen molar-refractivity contribution in [3.8, 4) is 0 Å². The van der Waals surface area contributed by atoms with Gasteiger partial charge in [-0.05, 0) is 68.4 Å². The molecule has 0 aliphatic rings. The molecule has 1 amide bonds. The van der Waals surface area contributed by atoms with Gasteiger partial charge in [0.2, 0.25) is 0 Å². The second-order valence-corrected chi connectivity index (χ2v) is 11.1. The third kappa shape index (κ3) is 5.19. The van der Waals surface area contributed by atoms with Crippen LogP contribution >= 0.6 is 11.3 Å². The number of rotatable bonds is 9. The molecule has 8 heteroatoms. The summed E-state index contributed by atoms with van der Waals surface area (Å²) in [6.07, 6.45) is 0. The number of carbonyl (C=O) groups excluding carboxylic acids is 1. The lowest BCUT2D eigenvalue weighted by Crippen LogP contribution is -2.38. The number of sulfone groups is 1. The van der Waals surface area contributed by atoms with Gasteiger partial charge in [-0.2, -0.15) is 0 Å². The molecular weight excluding hydrogens is 442 g/mol. The number of carbonyl (C=O) groups is 1. The minimum atomic E-state index is -3.31. The normalized spacial score (nSPS) is 11.9. The maximum Gasteiger partial charge on any atom is 0.260 e. The Morgan fingerprint density at radius 3 is 2.25 bits per heavy atom. The van der Waals surface area contributed by atoms with Gasteiger partial charge in [-0.25, -0.2) is 13.4 Å². The van der Waals surface area contributed by atoms with Crippen LogP contribution in [0.25, 0.3) is 10.2 Å². The fourth-order valence-corrected chi connectivity index (χ4v) is 5.72. The average molecular weight is 474 g/mol. The SMILES string of the molecule is CCN(CC)CCN(C(=O)c1ccc(S(=O)(=O)CC)cc1)c1nc2c(C)cc(C)cc2s1. The monoisotopic (exact) mass is 473 g/mol. The van der Waals surface area contributed by atoms with Gasteiger partial charge in [-0.3, -0.25) is 9.69 Å². The van der Waals surface area contributed by atoms with E-state index in [2.05, 4.69) is 37.8 Å². The second-order valence-electron chi connectivity index (χ2n) is 7.84. The van der Waals surface area contributed by atoms with E-state index in [9.17, 15) is 13.2 Å². The van der Waals surface area contributed by atoms with E-state index >= 15 is 0 Å². The molecular formula is C24H31N3O3S2. The van der Waals surface area contributed by atoms with E-state index in [1.165, 1.54) is 29.0 Å². The number of benzene rings is 2. The number of thiazole rings is 1. The standard InChI is InChI=1S/C24H31N3O3S2/c1-6-26(7-2)13-14-27(24-25-22-18(5)15-17(4)16-21(22)31-24)23(28)19-9-11-20(12-10-19)32(29,30)8-3/h9-12,15-16H,6-8,13-14H2,1-5H3. The van der Waals surface area contributed by atoms with E-state index in [0.717, 1.165) is 35.4 Å². The molecule has 0 N–H and O–H groups in total. The summed E-state index contributed by atoms with van der Waals surface area (Å²) in [6.45, 7) is 13.0. The molecule has 0 aliphatic heterocycles. The highest BCUT2D eigenvalue weighted by atomic mass is 32.2. The Bertz CT molecular complexity index is 1200. The van der Waals surface area contributed by atoms with Gasteiger partial charge < -0.3 is 4.90 Å². The van der Waals surface area contributed by atoms with Crippen LogP contribution in [0.1, 0.15) is 42.3 Å². The number of hydrogen-bond acceptors (Lipinski definition) is 6. The van der Waals surface area contributed by atoms with Gasteiger partial charge in [-0.1, -0.05) is 38.2 Å². The van der Waals surface area contributed by atoms with Crippen LogP contribution in [0.5, 0.6) is 0 Å². The first-order valence-electron chi connectivity index (χ1n) is 10.9. The lowest BCUT2D eigenvalue weighted by molar-refractivity contribution is 0.0983. The van der Waals surface area contributed by atoms with Gasteiger partial charge in [0.1, 0.15) is 0 Å². The average Bonchev–Trinajstić information content (AvgIpc) is 3.20. The van der Waals surface area contributed by atoms with Crippen LogP contribution in [0.3, 0.4) is 0 Å². The quantitative estimate of drug-likeness (QED) is 0.451. The number of anilines is 1. The number of fused-ring (bicyclic) bond motifs is 1. The molecule has 3 rings (SSSR count). The van der Waals surface area contributed by atoms with Gasteiger partial charge in [0, 0.05) is 18.7 Å². The maximum atomic E-state index is 13.5. The van der Waals surface area contributed by atoms with Gasteiger partial charge in [-0.15, -0.1) is 0 Å². The molecule has 1 heterocycles. The van der Waals surface area contributed by atoms with Crippen molar-refractivity contribution < 1.29 is 13.2 Å². The Kier molecular flexibility index (Phi) is 7.69. The van der Waals surface area contributed by atoms with E-state index in [0.29, 0.717) is 17.2 Å². The van der Waals surface area contributed by atoms with Crippen molar-refractivity contribution in [2.75, 3.05) is 36.8 Å². The molecule has 0 saturated carbocycles. The van der Waals surface area contributed by atoms with Crippen LogP contribution < -0.4 is 4.90 Å². The molecule has 0 aliphatic carbocycles. The highest BCUT2D eigenvalue weighted by Crippen LogP contribution is 2.32. The molecule has 0 spiro atoms. The summed E-state index contributed by atoms with van der Waals surface area (Å²) < 4.78 is 25.3. The fourth-order valence-electron chi connectivity index (χ4n) is 3.67. The molecule has 172 valence electrons. The molecule has 0 saturated heterocycles. The molecule has 0 unspecified atom stereocenters. The smallest absolute Gasteiger partial charge is 0.260 e. The lowest BCUT2D eigenvalue weighted by Gasteiger charge is -2.24. The van der Waals surface area contributed by atoms with Crippen LogP contribution in [0, 0.1) is 13.8 Å². The fraction of sp³-hybridized carbons (Fsp3) is 0.417. The van der Waals surface area contributed by atoms with Crippen LogP contribution in [0.15, 0.2) is 41.3 Å². The van der Waals surface area contributed by atoms with E-state index in [4.69, 9.17) is 4.98 Å². The zero-order chi connectivity index (χ0) is 23.5.